The van der Waals surface area contributed by atoms with Gasteiger partial charge in [-0.15, -0.1) is 0 Å². The summed E-state index contributed by atoms with van der Waals surface area (Å²) in [5, 5.41) is 13.6. The molecule has 0 radical (unpaired) electrons. The summed E-state index contributed by atoms with van der Waals surface area (Å²) >= 11 is 0. The van der Waals surface area contributed by atoms with E-state index in [2.05, 4.69) is 42.9 Å². The van der Waals surface area contributed by atoms with Crippen molar-refractivity contribution in [3.8, 4) is 11.6 Å². The molecule has 0 amide bonds. The van der Waals surface area contributed by atoms with Gasteiger partial charge in [0.15, 0.2) is 11.7 Å². The van der Waals surface area contributed by atoms with Gasteiger partial charge < -0.3 is 15.1 Å². The third kappa shape index (κ3) is 4.22. The molecule has 0 atom stereocenters. The van der Waals surface area contributed by atoms with Crippen molar-refractivity contribution < 1.29 is 4.42 Å². The van der Waals surface area contributed by atoms with Gasteiger partial charge in [-0.25, -0.2) is 4.98 Å². The summed E-state index contributed by atoms with van der Waals surface area (Å²) in [4.78, 5) is 8.62. The van der Waals surface area contributed by atoms with Crippen LogP contribution in [0.5, 0.6) is 0 Å². The molecule has 0 aliphatic rings. The van der Waals surface area contributed by atoms with Crippen molar-refractivity contribution >= 4 is 5.96 Å². The highest BCUT2D eigenvalue weighted by molar-refractivity contribution is 5.79. The zero-order chi connectivity index (χ0) is 16.6. The summed E-state index contributed by atoms with van der Waals surface area (Å²) in [6, 6.07) is 13.8. The third-order valence-corrected chi connectivity index (χ3v) is 3.45. The van der Waals surface area contributed by atoms with Crippen molar-refractivity contribution in [1.29, 1.82) is 0 Å². The molecule has 0 aliphatic carbocycles. The van der Waals surface area contributed by atoms with E-state index in [1.807, 2.05) is 30.3 Å². The molecule has 1 aromatic carbocycles. The number of aromatic amines is 1. The fourth-order valence-electron chi connectivity index (χ4n) is 2.22. The Morgan fingerprint density at radius 3 is 2.79 bits per heavy atom. The van der Waals surface area contributed by atoms with E-state index in [-0.39, 0.29) is 0 Å². The summed E-state index contributed by atoms with van der Waals surface area (Å²) in [5.74, 6) is 2.78. The van der Waals surface area contributed by atoms with Gasteiger partial charge in [0.25, 0.3) is 0 Å². The van der Waals surface area contributed by atoms with Crippen molar-refractivity contribution in [2.45, 2.75) is 13.0 Å². The lowest BCUT2D eigenvalue weighted by Gasteiger charge is -2.11. The van der Waals surface area contributed by atoms with E-state index in [1.165, 1.54) is 5.56 Å². The van der Waals surface area contributed by atoms with Gasteiger partial charge in [-0.05, 0) is 17.7 Å². The number of aliphatic imine (C=N–C) groups is 1. The standard InChI is InChI=1S/C17H20N6O/c1-18-17(20-12-13-6-3-2-4-7-13)19-10-9-15-21-16(23-22-15)14-8-5-11-24-14/h2-8,11H,9-10,12H2,1H3,(H2,18,19,20)(H,21,22,23). The summed E-state index contributed by atoms with van der Waals surface area (Å²) in [7, 11) is 1.75. The molecule has 0 saturated carbocycles. The summed E-state index contributed by atoms with van der Waals surface area (Å²) in [5.41, 5.74) is 1.21. The van der Waals surface area contributed by atoms with Crippen molar-refractivity contribution in [2.75, 3.05) is 13.6 Å². The first-order valence-electron chi connectivity index (χ1n) is 7.79. The molecule has 0 saturated heterocycles. The lowest BCUT2D eigenvalue weighted by molar-refractivity contribution is 0.577. The molecule has 24 heavy (non-hydrogen) atoms. The molecule has 3 aromatic rings. The van der Waals surface area contributed by atoms with E-state index in [4.69, 9.17) is 4.42 Å². The molecule has 3 N–H and O–H groups in total. The topological polar surface area (TPSA) is 91.1 Å². The molecule has 0 fully saturated rings. The molecule has 0 aliphatic heterocycles. The summed E-state index contributed by atoms with van der Waals surface area (Å²) < 4.78 is 5.28. The van der Waals surface area contributed by atoms with Crippen LogP contribution >= 0.6 is 0 Å². The highest BCUT2D eigenvalue weighted by atomic mass is 16.3. The zero-order valence-corrected chi connectivity index (χ0v) is 13.5. The number of hydrogen-bond donors (Lipinski definition) is 3. The number of hydrogen-bond acceptors (Lipinski definition) is 4. The third-order valence-electron chi connectivity index (χ3n) is 3.45. The maximum Gasteiger partial charge on any atom is 0.216 e. The van der Waals surface area contributed by atoms with Crippen LogP contribution in [-0.4, -0.2) is 34.7 Å². The minimum atomic E-state index is 0.571. The lowest BCUT2D eigenvalue weighted by atomic mass is 10.2. The van der Waals surface area contributed by atoms with Crippen LogP contribution in [0.3, 0.4) is 0 Å². The predicted molar refractivity (Wildman–Crippen MR) is 92.4 cm³/mol. The number of benzene rings is 1. The second-order valence-electron chi connectivity index (χ2n) is 5.17. The number of guanidine groups is 1. The summed E-state index contributed by atoms with van der Waals surface area (Å²) in [6.45, 7) is 1.42. The first kappa shape index (κ1) is 15.8. The van der Waals surface area contributed by atoms with Crippen molar-refractivity contribution in [3.63, 3.8) is 0 Å². The van der Waals surface area contributed by atoms with E-state index in [9.17, 15) is 0 Å². The molecule has 0 spiro atoms. The van der Waals surface area contributed by atoms with Gasteiger partial charge in [0.1, 0.15) is 5.82 Å². The van der Waals surface area contributed by atoms with Gasteiger partial charge in [-0.2, -0.15) is 5.10 Å². The van der Waals surface area contributed by atoms with Crippen LogP contribution in [0.15, 0.2) is 58.1 Å². The lowest BCUT2D eigenvalue weighted by Crippen LogP contribution is -2.37. The smallest absolute Gasteiger partial charge is 0.216 e. The van der Waals surface area contributed by atoms with Crippen molar-refractivity contribution in [1.82, 2.24) is 25.8 Å². The number of nitrogens with one attached hydrogen (secondary N) is 3. The van der Waals surface area contributed by atoms with Crippen LogP contribution in [0.2, 0.25) is 0 Å². The maximum atomic E-state index is 5.28. The van der Waals surface area contributed by atoms with E-state index < -0.39 is 0 Å². The van der Waals surface area contributed by atoms with Gasteiger partial charge in [-0.3, -0.25) is 10.1 Å². The molecule has 3 rings (SSSR count). The monoisotopic (exact) mass is 324 g/mol. The minimum absolute atomic E-state index is 0.571. The molecule has 0 unspecified atom stereocenters. The first-order valence-corrected chi connectivity index (χ1v) is 7.79. The number of nitrogens with zero attached hydrogens (tertiary/aromatic N) is 3. The molecule has 0 bridgehead atoms. The molecule has 124 valence electrons. The molecule has 7 heteroatoms. The molecule has 7 nitrogen and oxygen atoms in total. The SMILES string of the molecule is CN=C(NCCc1nc(-c2ccco2)n[nH]1)NCc1ccccc1. The first-order chi connectivity index (χ1) is 11.8. The van der Waals surface area contributed by atoms with Crippen LogP contribution < -0.4 is 10.6 Å². The number of rotatable bonds is 6. The fraction of sp³-hybridized carbons (Fsp3) is 0.235. The van der Waals surface area contributed by atoms with Crippen molar-refractivity contribution in [2.24, 2.45) is 4.99 Å². The number of H-pyrrole nitrogens is 1. The number of aromatic nitrogens is 3. The maximum absolute atomic E-state index is 5.28. The van der Waals surface area contributed by atoms with E-state index in [0.717, 1.165) is 18.3 Å². The van der Waals surface area contributed by atoms with Crippen LogP contribution in [-0.2, 0) is 13.0 Å². The van der Waals surface area contributed by atoms with Gasteiger partial charge in [0.05, 0.1) is 6.26 Å². The average molecular weight is 324 g/mol. The second-order valence-corrected chi connectivity index (χ2v) is 5.17. The molecular formula is C17H20N6O. The molecule has 2 heterocycles. The summed E-state index contributed by atoms with van der Waals surface area (Å²) in [6.07, 6.45) is 2.31. The molecule has 2 aromatic heterocycles. The van der Waals surface area contributed by atoms with Crippen molar-refractivity contribution in [3.05, 3.63) is 60.1 Å². The highest BCUT2D eigenvalue weighted by Crippen LogP contribution is 2.14. The van der Waals surface area contributed by atoms with Crippen LogP contribution in [0.1, 0.15) is 11.4 Å². The minimum Gasteiger partial charge on any atom is -0.461 e. The predicted octanol–water partition coefficient (Wildman–Crippen LogP) is 1.97. The van der Waals surface area contributed by atoms with E-state index >= 15 is 0 Å². The molecular weight excluding hydrogens is 304 g/mol. The Morgan fingerprint density at radius 1 is 1.17 bits per heavy atom. The Bertz CT molecular complexity index is 764. The Morgan fingerprint density at radius 2 is 2.04 bits per heavy atom. The Kier molecular flexibility index (Phi) is 5.24. The fourth-order valence-corrected chi connectivity index (χ4v) is 2.22. The second kappa shape index (κ2) is 7.96. The Labute approximate surface area is 140 Å². The quantitative estimate of drug-likeness (QED) is 0.476. The van der Waals surface area contributed by atoms with Gasteiger partial charge >= 0.3 is 0 Å². The Hall–Kier alpha value is -3.09. The van der Waals surface area contributed by atoms with Crippen LogP contribution in [0.25, 0.3) is 11.6 Å². The Balaban J connectivity index is 1.45. The van der Waals surface area contributed by atoms with Gasteiger partial charge in [-0.1, -0.05) is 30.3 Å². The normalized spacial score (nSPS) is 11.5. The van der Waals surface area contributed by atoms with E-state index in [0.29, 0.717) is 24.6 Å². The van der Waals surface area contributed by atoms with Gasteiger partial charge in [0.2, 0.25) is 5.82 Å². The largest absolute Gasteiger partial charge is 0.461 e. The van der Waals surface area contributed by atoms with Crippen LogP contribution in [0, 0.1) is 0 Å². The average Bonchev–Trinajstić information content (AvgIpc) is 3.30. The zero-order valence-electron chi connectivity index (χ0n) is 13.5. The van der Waals surface area contributed by atoms with Gasteiger partial charge in [0, 0.05) is 26.6 Å². The van der Waals surface area contributed by atoms with E-state index in [1.54, 1.807) is 13.3 Å². The highest BCUT2D eigenvalue weighted by Gasteiger charge is 2.08. The van der Waals surface area contributed by atoms with Crippen LogP contribution in [0.4, 0.5) is 0 Å². The number of furan rings is 1.